The second-order valence-electron chi connectivity index (χ2n) is 5.17. The van der Waals surface area contributed by atoms with Crippen LogP contribution in [0.25, 0.3) is 0 Å². The molecule has 1 aliphatic rings. The van der Waals surface area contributed by atoms with Crippen molar-refractivity contribution in [2.45, 2.75) is 50.0 Å². The number of nitrogens with two attached hydrogens (primary N) is 1. The van der Waals surface area contributed by atoms with Crippen LogP contribution in [0.5, 0.6) is 0 Å². The summed E-state index contributed by atoms with van der Waals surface area (Å²) in [5, 5.41) is 0. The Bertz CT molecular complexity index is 408. The van der Waals surface area contributed by atoms with Crippen LogP contribution in [0.2, 0.25) is 0 Å². The Hall–Kier alpha value is -0.550. The molecule has 1 atom stereocenters. The Morgan fingerprint density at radius 2 is 1.89 bits per heavy atom. The van der Waals surface area contributed by atoms with E-state index in [9.17, 15) is 8.78 Å². The highest BCUT2D eigenvalue weighted by atomic mass is 79.9. The van der Waals surface area contributed by atoms with E-state index in [4.69, 9.17) is 5.73 Å². The highest BCUT2D eigenvalue weighted by Gasteiger charge is 2.46. The molecule has 5 heteroatoms. The third kappa shape index (κ3) is 2.57. The SMILES string of the molecule is C[C@@H](N)C1(c2ccc(Br)nc2)CCC(F)(F)CC1. The molecule has 0 aromatic carbocycles. The predicted molar refractivity (Wildman–Crippen MR) is 70.7 cm³/mol. The Labute approximate surface area is 114 Å². The van der Waals surface area contributed by atoms with Crippen LogP contribution in [0.15, 0.2) is 22.9 Å². The van der Waals surface area contributed by atoms with Crippen LogP contribution in [-0.4, -0.2) is 16.9 Å². The molecule has 1 fully saturated rings. The number of alkyl halides is 2. The summed E-state index contributed by atoms with van der Waals surface area (Å²) in [5.41, 5.74) is 6.68. The summed E-state index contributed by atoms with van der Waals surface area (Å²) in [5.74, 6) is -2.54. The van der Waals surface area contributed by atoms with Gasteiger partial charge in [0.2, 0.25) is 5.92 Å². The van der Waals surface area contributed by atoms with Gasteiger partial charge in [-0.3, -0.25) is 0 Å². The minimum absolute atomic E-state index is 0.0927. The van der Waals surface area contributed by atoms with Gasteiger partial charge in [0.05, 0.1) is 0 Å². The molecule has 2 N–H and O–H groups in total. The Kier molecular flexibility index (Phi) is 3.74. The fraction of sp³-hybridized carbons (Fsp3) is 0.615. The maximum absolute atomic E-state index is 13.3. The minimum atomic E-state index is -2.54. The molecule has 1 aromatic heterocycles. The van der Waals surface area contributed by atoms with Gasteiger partial charge in [0.25, 0.3) is 0 Å². The number of hydrogen-bond donors (Lipinski definition) is 1. The zero-order valence-electron chi connectivity index (χ0n) is 10.3. The van der Waals surface area contributed by atoms with Crippen LogP contribution in [-0.2, 0) is 5.41 Å². The van der Waals surface area contributed by atoms with E-state index in [1.165, 1.54) is 0 Å². The topological polar surface area (TPSA) is 38.9 Å². The summed E-state index contributed by atoms with van der Waals surface area (Å²) in [4.78, 5) is 4.19. The van der Waals surface area contributed by atoms with E-state index in [0.29, 0.717) is 12.8 Å². The van der Waals surface area contributed by atoms with Crippen LogP contribution in [0.1, 0.15) is 38.2 Å². The highest BCUT2D eigenvalue weighted by Crippen LogP contribution is 2.46. The maximum atomic E-state index is 13.3. The molecule has 0 aliphatic heterocycles. The highest BCUT2D eigenvalue weighted by molar-refractivity contribution is 9.10. The molecule has 18 heavy (non-hydrogen) atoms. The molecule has 0 bridgehead atoms. The second-order valence-corrected chi connectivity index (χ2v) is 5.98. The lowest BCUT2D eigenvalue weighted by atomic mass is 9.65. The number of aromatic nitrogens is 1. The van der Waals surface area contributed by atoms with E-state index in [1.807, 2.05) is 19.1 Å². The number of rotatable bonds is 2. The number of halogens is 3. The lowest BCUT2D eigenvalue weighted by Crippen LogP contribution is -2.48. The predicted octanol–water partition coefficient (Wildman–Crippen LogP) is 3.64. The van der Waals surface area contributed by atoms with E-state index in [0.717, 1.165) is 10.2 Å². The van der Waals surface area contributed by atoms with E-state index in [2.05, 4.69) is 20.9 Å². The van der Waals surface area contributed by atoms with Crippen molar-refractivity contribution in [1.82, 2.24) is 4.98 Å². The van der Waals surface area contributed by atoms with Gasteiger partial charge in [0, 0.05) is 30.5 Å². The average Bonchev–Trinajstić information content (AvgIpc) is 2.30. The maximum Gasteiger partial charge on any atom is 0.248 e. The van der Waals surface area contributed by atoms with Crippen LogP contribution >= 0.6 is 15.9 Å². The summed E-state index contributed by atoms with van der Waals surface area (Å²) >= 11 is 3.28. The molecule has 1 aromatic rings. The monoisotopic (exact) mass is 318 g/mol. The normalized spacial score (nSPS) is 23.6. The third-order valence-electron chi connectivity index (χ3n) is 4.05. The molecule has 0 saturated heterocycles. The smallest absolute Gasteiger partial charge is 0.248 e. The Morgan fingerprint density at radius 3 is 2.33 bits per heavy atom. The molecule has 1 saturated carbocycles. The van der Waals surface area contributed by atoms with Crippen molar-refractivity contribution in [3.8, 4) is 0 Å². The molecule has 0 radical (unpaired) electrons. The zero-order valence-corrected chi connectivity index (χ0v) is 11.9. The molecular formula is C13H17BrF2N2. The molecule has 0 unspecified atom stereocenters. The molecular weight excluding hydrogens is 302 g/mol. The lowest BCUT2D eigenvalue weighted by Gasteiger charge is -2.43. The van der Waals surface area contributed by atoms with Crippen molar-refractivity contribution in [1.29, 1.82) is 0 Å². The molecule has 1 heterocycles. The van der Waals surface area contributed by atoms with Crippen molar-refractivity contribution in [3.05, 3.63) is 28.5 Å². The summed E-state index contributed by atoms with van der Waals surface area (Å²) in [6, 6.07) is 3.62. The average molecular weight is 319 g/mol. The van der Waals surface area contributed by atoms with E-state index in [-0.39, 0.29) is 24.3 Å². The molecule has 2 rings (SSSR count). The van der Waals surface area contributed by atoms with Gasteiger partial charge in [-0.05, 0) is 47.3 Å². The van der Waals surface area contributed by atoms with Crippen LogP contribution < -0.4 is 5.73 Å². The fourth-order valence-electron chi connectivity index (χ4n) is 2.74. The fourth-order valence-corrected chi connectivity index (χ4v) is 2.97. The Balaban J connectivity index is 2.31. The third-order valence-corrected chi connectivity index (χ3v) is 4.52. The van der Waals surface area contributed by atoms with Gasteiger partial charge in [0.1, 0.15) is 4.60 Å². The zero-order chi connectivity index (χ0) is 13.4. The first kappa shape index (κ1) is 13.9. The van der Waals surface area contributed by atoms with E-state index < -0.39 is 5.92 Å². The van der Waals surface area contributed by atoms with Gasteiger partial charge in [0.15, 0.2) is 0 Å². The van der Waals surface area contributed by atoms with Gasteiger partial charge >= 0.3 is 0 Å². The minimum Gasteiger partial charge on any atom is -0.327 e. The number of hydrogen-bond acceptors (Lipinski definition) is 2. The quantitative estimate of drug-likeness (QED) is 0.845. The van der Waals surface area contributed by atoms with Crippen LogP contribution in [0, 0.1) is 0 Å². The van der Waals surface area contributed by atoms with Gasteiger partial charge in [-0.2, -0.15) is 0 Å². The first-order chi connectivity index (χ1) is 8.36. The van der Waals surface area contributed by atoms with Crippen LogP contribution in [0.4, 0.5) is 8.78 Å². The van der Waals surface area contributed by atoms with Gasteiger partial charge in [-0.1, -0.05) is 6.07 Å². The molecule has 100 valence electrons. The first-order valence-corrected chi connectivity index (χ1v) is 6.90. The van der Waals surface area contributed by atoms with Gasteiger partial charge < -0.3 is 5.73 Å². The van der Waals surface area contributed by atoms with E-state index >= 15 is 0 Å². The Morgan fingerprint density at radius 1 is 1.28 bits per heavy atom. The molecule has 1 aliphatic carbocycles. The standard InChI is InChI=1S/C13H17BrF2N2/c1-9(17)12(4-6-13(15,16)7-5-12)10-2-3-11(14)18-8-10/h2-3,8-9H,4-7,17H2,1H3/t9-/m1/s1. The van der Waals surface area contributed by atoms with Crippen LogP contribution in [0.3, 0.4) is 0 Å². The van der Waals surface area contributed by atoms with Crippen molar-refractivity contribution in [2.75, 3.05) is 0 Å². The summed E-state index contributed by atoms with van der Waals surface area (Å²) in [6.07, 6.45) is 2.40. The van der Waals surface area contributed by atoms with E-state index in [1.54, 1.807) is 6.20 Å². The van der Waals surface area contributed by atoms with Gasteiger partial charge in [-0.15, -0.1) is 0 Å². The first-order valence-electron chi connectivity index (χ1n) is 6.11. The molecule has 0 amide bonds. The van der Waals surface area contributed by atoms with Crippen molar-refractivity contribution < 1.29 is 8.78 Å². The van der Waals surface area contributed by atoms with Crippen molar-refractivity contribution in [3.63, 3.8) is 0 Å². The lowest BCUT2D eigenvalue weighted by molar-refractivity contribution is -0.0547. The van der Waals surface area contributed by atoms with Crippen molar-refractivity contribution >= 4 is 15.9 Å². The number of pyridine rings is 1. The number of nitrogens with zero attached hydrogens (tertiary/aromatic N) is 1. The summed E-state index contributed by atoms with van der Waals surface area (Å²) < 4.78 is 27.4. The summed E-state index contributed by atoms with van der Waals surface area (Å²) in [7, 11) is 0. The van der Waals surface area contributed by atoms with Gasteiger partial charge in [-0.25, -0.2) is 13.8 Å². The largest absolute Gasteiger partial charge is 0.327 e. The second kappa shape index (κ2) is 4.85. The molecule has 2 nitrogen and oxygen atoms in total. The molecule has 0 spiro atoms. The summed E-state index contributed by atoms with van der Waals surface area (Å²) in [6.45, 7) is 1.89. The van der Waals surface area contributed by atoms with Crippen molar-refractivity contribution in [2.24, 2.45) is 5.73 Å².